The fourth-order valence-corrected chi connectivity index (χ4v) is 4.72. The van der Waals surface area contributed by atoms with Crippen molar-refractivity contribution in [2.75, 3.05) is 40.4 Å². The lowest BCUT2D eigenvalue weighted by Crippen LogP contribution is -2.45. The maximum absolute atomic E-state index is 13.1. The number of piperidine rings is 1. The van der Waals surface area contributed by atoms with E-state index in [4.69, 9.17) is 9.47 Å². The zero-order valence-corrected chi connectivity index (χ0v) is 15.8. The van der Waals surface area contributed by atoms with E-state index in [2.05, 4.69) is 10.6 Å². The summed E-state index contributed by atoms with van der Waals surface area (Å²) < 4.78 is 10.8. The summed E-state index contributed by atoms with van der Waals surface area (Å²) in [5.41, 5.74) is 2.73. The van der Waals surface area contributed by atoms with Gasteiger partial charge in [0, 0.05) is 19.6 Å². The van der Waals surface area contributed by atoms with Crippen LogP contribution in [0.25, 0.3) is 0 Å². The van der Waals surface area contributed by atoms with Gasteiger partial charge < -0.3 is 25.0 Å². The molecule has 1 spiro atoms. The van der Waals surface area contributed by atoms with E-state index in [1.54, 1.807) is 14.2 Å². The predicted octanol–water partition coefficient (Wildman–Crippen LogP) is 1.32. The molecule has 1 atom stereocenters. The Kier molecular flexibility index (Phi) is 4.80. The maximum atomic E-state index is 13.1. The molecule has 0 unspecified atom stereocenters. The van der Waals surface area contributed by atoms with Crippen LogP contribution in [-0.2, 0) is 17.8 Å². The standard InChI is InChI=1S/C20H29N3O3/c1-25-17-9-14-3-8-23(12-15(14)10-18(17)26-2)19(24)16-11-20(13-22-16)4-6-21-7-5-20/h9-10,16,21-22H,3-8,11-13H2,1-2H3/t16-/m0/s1. The van der Waals surface area contributed by atoms with E-state index >= 15 is 0 Å². The van der Waals surface area contributed by atoms with Gasteiger partial charge >= 0.3 is 0 Å². The minimum atomic E-state index is -0.0326. The van der Waals surface area contributed by atoms with Gasteiger partial charge in [0.1, 0.15) is 0 Å². The van der Waals surface area contributed by atoms with Gasteiger partial charge in [-0.05, 0) is 67.4 Å². The Balaban J connectivity index is 1.46. The van der Waals surface area contributed by atoms with Gasteiger partial charge in [0.15, 0.2) is 11.5 Å². The van der Waals surface area contributed by atoms with Gasteiger partial charge in [-0.3, -0.25) is 4.79 Å². The molecule has 1 aromatic carbocycles. The number of carbonyl (C=O) groups is 1. The number of carbonyl (C=O) groups excluding carboxylic acids is 1. The topological polar surface area (TPSA) is 62.8 Å². The summed E-state index contributed by atoms with van der Waals surface area (Å²) in [6.07, 6.45) is 4.18. The first-order valence-corrected chi connectivity index (χ1v) is 9.61. The number of fused-ring (bicyclic) bond motifs is 1. The van der Waals surface area contributed by atoms with Crippen LogP contribution >= 0.6 is 0 Å². The lowest BCUT2D eigenvalue weighted by molar-refractivity contribution is -0.134. The molecule has 2 saturated heterocycles. The van der Waals surface area contributed by atoms with E-state index in [0.717, 1.165) is 56.1 Å². The van der Waals surface area contributed by atoms with Gasteiger partial charge in [0.25, 0.3) is 0 Å². The minimum Gasteiger partial charge on any atom is -0.493 e. The molecular formula is C20H29N3O3. The summed E-state index contributed by atoms with van der Waals surface area (Å²) in [4.78, 5) is 15.1. The molecule has 142 valence electrons. The molecule has 6 nitrogen and oxygen atoms in total. The minimum absolute atomic E-state index is 0.0326. The second-order valence-corrected chi connectivity index (χ2v) is 7.87. The normalized spacial score (nSPS) is 24.4. The monoisotopic (exact) mass is 359 g/mol. The summed E-state index contributed by atoms with van der Waals surface area (Å²) in [5.74, 6) is 1.74. The third-order valence-electron chi connectivity index (χ3n) is 6.35. The van der Waals surface area contributed by atoms with E-state index in [9.17, 15) is 4.79 Å². The van der Waals surface area contributed by atoms with Crippen molar-refractivity contribution in [2.45, 2.75) is 38.3 Å². The smallest absolute Gasteiger partial charge is 0.240 e. The largest absolute Gasteiger partial charge is 0.493 e. The van der Waals surface area contributed by atoms with Crippen LogP contribution in [0.4, 0.5) is 0 Å². The van der Waals surface area contributed by atoms with E-state index in [1.807, 2.05) is 17.0 Å². The molecule has 0 radical (unpaired) electrons. The van der Waals surface area contributed by atoms with Crippen molar-refractivity contribution in [3.05, 3.63) is 23.3 Å². The number of hydrogen-bond donors (Lipinski definition) is 2. The zero-order chi connectivity index (χ0) is 18.1. The molecule has 1 amide bonds. The van der Waals surface area contributed by atoms with Crippen molar-refractivity contribution in [2.24, 2.45) is 5.41 Å². The first-order chi connectivity index (χ1) is 12.6. The van der Waals surface area contributed by atoms with Gasteiger partial charge in [0.05, 0.1) is 20.3 Å². The summed E-state index contributed by atoms with van der Waals surface area (Å²) in [6, 6.07) is 4.03. The summed E-state index contributed by atoms with van der Waals surface area (Å²) in [6.45, 7) is 4.54. The number of methoxy groups -OCH3 is 2. The third kappa shape index (κ3) is 3.16. The van der Waals surface area contributed by atoms with E-state index < -0.39 is 0 Å². The fraction of sp³-hybridized carbons (Fsp3) is 0.650. The van der Waals surface area contributed by atoms with Crippen LogP contribution in [-0.4, -0.2) is 57.2 Å². The molecule has 3 heterocycles. The second-order valence-electron chi connectivity index (χ2n) is 7.87. The van der Waals surface area contributed by atoms with E-state index in [-0.39, 0.29) is 11.9 Å². The van der Waals surface area contributed by atoms with Crippen molar-refractivity contribution in [1.82, 2.24) is 15.5 Å². The number of amides is 1. The van der Waals surface area contributed by atoms with Crippen LogP contribution in [0.5, 0.6) is 11.5 Å². The van der Waals surface area contributed by atoms with Crippen LogP contribution in [0.2, 0.25) is 0 Å². The van der Waals surface area contributed by atoms with Crippen molar-refractivity contribution in [3.8, 4) is 11.5 Å². The third-order valence-corrected chi connectivity index (χ3v) is 6.35. The summed E-state index contributed by atoms with van der Waals surface area (Å²) in [7, 11) is 3.31. The Hall–Kier alpha value is -1.79. The van der Waals surface area contributed by atoms with Crippen LogP contribution in [0, 0.1) is 5.41 Å². The number of hydrogen-bond acceptors (Lipinski definition) is 5. The number of rotatable bonds is 3. The summed E-state index contributed by atoms with van der Waals surface area (Å²) in [5, 5.41) is 6.94. The van der Waals surface area contributed by atoms with Crippen LogP contribution in [0.1, 0.15) is 30.4 Å². The average Bonchev–Trinajstić information content (AvgIpc) is 3.09. The molecule has 3 aliphatic heterocycles. The first-order valence-electron chi connectivity index (χ1n) is 9.61. The van der Waals surface area contributed by atoms with Crippen molar-refractivity contribution in [1.29, 1.82) is 0 Å². The molecule has 0 aliphatic carbocycles. The fourth-order valence-electron chi connectivity index (χ4n) is 4.72. The number of benzene rings is 1. The highest BCUT2D eigenvalue weighted by Crippen LogP contribution is 2.38. The molecular weight excluding hydrogens is 330 g/mol. The Morgan fingerprint density at radius 2 is 1.85 bits per heavy atom. The molecule has 2 N–H and O–H groups in total. The Labute approximate surface area is 155 Å². The van der Waals surface area contributed by atoms with E-state index in [0.29, 0.717) is 12.0 Å². The molecule has 0 bridgehead atoms. The Morgan fingerprint density at radius 1 is 1.15 bits per heavy atom. The van der Waals surface area contributed by atoms with Crippen molar-refractivity contribution >= 4 is 5.91 Å². The van der Waals surface area contributed by atoms with Gasteiger partial charge in [-0.15, -0.1) is 0 Å². The molecule has 3 aliphatic rings. The molecule has 0 saturated carbocycles. The zero-order valence-electron chi connectivity index (χ0n) is 15.8. The first kappa shape index (κ1) is 17.6. The van der Waals surface area contributed by atoms with Gasteiger partial charge in [-0.25, -0.2) is 0 Å². The second kappa shape index (κ2) is 7.08. The predicted molar refractivity (Wildman–Crippen MR) is 99.6 cm³/mol. The summed E-state index contributed by atoms with van der Waals surface area (Å²) >= 11 is 0. The molecule has 4 rings (SSSR count). The lowest BCUT2D eigenvalue weighted by Gasteiger charge is -2.34. The molecule has 6 heteroatoms. The van der Waals surface area contributed by atoms with Crippen molar-refractivity contribution in [3.63, 3.8) is 0 Å². The maximum Gasteiger partial charge on any atom is 0.240 e. The molecule has 26 heavy (non-hydrogen) atoms. The molecule has 1 aromatic rings. The lowest BCUT2D eigenvalue weighted by atomic mass is 9.77. The van der Waals surface area contributed by atoms with Crippen LogP contribution in [0.3, 0.4) is 0 Å². The molecule has 0 aromatic heterocycles. The average molecular weight is 359 g/mol. The van der Waals surface area contributed by atoms with Gasteiger partial charge in [-0.2, -0.15) is 0 Å². The highest BCUT2D eigenvalue weighted by molar-refractivity contribution is 5.82. The number of ether oxygens (including phenoxy) is 2. The van der Waals surface area contributed by atoms with Crippen molar-refractivity contribution < 1.29 is 14.3 Å². The Morgan fingerprint density at radius 3 is 2.54 bits per heavy atom. The highest BCUT2D eigenvalue weighted by atomic mass is 16.5. The van der Waals surface area contributed by atoms with E-state index in [1.165, 1.54) is 18.4 Å². The highest BCUT2D eigenvalue weighted by Gasteiger charge is 2.43. The van der Waals surface area contributed by atoms with Gasteiger partial charge in [-0.1, -0.05) is 0 Å². The SMILES string of the molecule is COc1cc2c(cc1OC)CN(C(=O)[C@@H]1CC3(CCNCC3)CN1)CC2. The number of nitrogens with zero attached hydrogens (tertiary/aromatic N) is 1. The number of nitrogens with one attached hydrogen (secondary N) is 2. The molecule has 2 fully saturated rings. The Bertz CT molecular complexity index is 685. The van der Waals surface area contributed by atoms with Crippen LogP contribution in [0.15, 0.2) is 12.1 Å². The van der Waals surface area contributed by atoms with Crippen LogP contribution < -0.4 is 20.1 Å². The quantitative estimate of drug-likeness (QED) is 0.852. The van der Waals surface area contributed by atoms with Gasteiger partial charge in [0.2, 0.25) is 5.91 Å².